The lowest BCUT2D eigenvalue weighted by Crippen LogP contribution is -2.34. The smallest absolute Gasteiger partial charge is 0.406 e. The number of carbonyl (C=O) groups is 2. The Balaban J connectivity index is 1.44. The van der Waals surface area contributed by atoms with Gasteiger partial charge in [0.2, 0.25) is 0 Å². The number of alkyl halides is 3. The molecule has 1 unspecified atom stereocenters. The number of hydrogen-bond acceptors (Lipinski definition) is 5. The third-order valence-electron chi connectivity index (χ3n) is 6.68. The highest BCUT2D eigenvalue weighted by Crippen LogP contribution is 2.34. The van der Waals surface area contributed by atoms with Crippen molar-refractivity contribution in [3.8, 4) is 5.75 Å². The third kappa shape index (κ3) is 4.55. The Morgan fingerprint density at radius 2 is 1.72 bits per heavy atom. The van der Waals surface area contributed by atoms with E-state index in [0.29, 0.717) is 0 Å². The normalized spacial score (nSPS) is 18.9. The summed E-state index contributed by atoms with van der Waals surface area (Å²) in [6.45, 7) is 3.75. The molecule has 10 heteroatoms. The van der Waals surface area contributed by atoms with Crippen LogP contribution in [0.1, 0.15) is 31.7 Å². The van der Waals surface area contributed by atoms with Crippen LogP contribution in [0.5, 0.6) is 5.75 Å². The van der Waals surface area contributed by atoms with Crippen LogP contribution in [-0.2, 0) is 11.3 Å². The maximum atomic E-state index is 13.4. The first kappa shape index (κ1) is 23.9. The molecular weight excluding hydrogens is 473 g/mol. The molecule has 188 valence electrons. The van der Waals surface area contributed by atoms with Gasteiger partial charge in [0.1, 0.15) is 11.8 Å². The largest absolute Gasteiger partial charge is 0.573 e. The molecule has 3 aromatic rings. The second kappa shape index (κ2) is 9.33. The van der Waals surface area contributed by atoms with Crippen molar-refractivity contribution in [3.05, 3.63) is 60.3 Å². The van der Waals surface area contributed by atoms with Gasteiger partial charge in [-0.05, 0) is 74.2 Å². The SMILES string of the molecule is CC1C(=O)N(c2ccc(OC(F)(F)F)cc2)C(=O)N1Cc1ccnc2cccc(N3CCCCC3)c12. The highest BCUT2D eigenvalue weighted by molar-refractivity contribution is 6.21. The molecule has 3 amide bonds. The predicted molar refractivity (Wildman–Crippen MR) is 129 cm³/mol. The Morgan fingerprint density at radius 3 is 2.42 bits per heavy atom. The fourth-order valence-corrected chi connectivity index (χ4v) is 4.92. The number of ether oxygens (including phenoxy) is 1. The van der Waals surface area contributed by atoms with Gasteiger partial charge in [-0.3, -0.25) is 9.78 Å². The van der Waals surface area contributed by atoms with E-state index in [1.165, 1.54) is 23.5 Å². The molecule has 5 rings (SSSR count). The summed E-state index contributed by atoms with van der Waals surface area (Å²) in [6, 6.07) is 11.3. The van der Waals surface area contributed by atoms with Crippen LogP contribution in [0.15, 0.2) is 54.7 Å². The average molecular weight is 499 g/mol. The molecular formula is C26H25F3N4O3. The van der Waals surface area contributed by atoms with E-state index in [4.69, 9.17) is 0 Å². The summed E-state index contributed by atoms with van der Waals surface area (Å²) < 4.78 is 41.3. The maximum Gasteiger partial charge on any atom is 0.573 e. The van der Waals surface area contributed by atoms with Crippen molar-refractivity contribution in [2.24, 2.45) is 0 Å². The topological polar surface area (TPSA) is 66.0 Å². The van der Waals surface area contributed by atoms with E-state index >= 15 is 0 Å². The van der Waals surface area contributed by atoms with Crippen LogP contribution < -0.4 is 14.5 Å². The molecule has 2 aliphatic heterocycles. The molecule has 0 N–H and O–H groups in total. The van der Waals surface area contributed by atoms with Crippen molar-refractivity contribution >= 4 is 34.2 Å². The van der Waals surface area contributed by atoms with Crippen LogP contribution in [0.2, 0.25) is 0 Å². The van der Waals surface area contributed by atoms with Crippen LogP contribution in [0.25, 0.3) is 10.9 Å². The van der Waals surface area contributed by atoms with E-state index in [1.54, 1.807) is 13.1 Å². The van der Waals surface area contributed by atoms with Gasteiger partial charge in [0.25, 0.3) is 5.91 Å². The fourth-order valence-electron chi connectivity index (χ4n) is 4.92. The number of fused-ring (bicyclic) bond motifs is 1. The number of hydrogen-bond donors (Lipinski definition) is 0. The molecule has 2 fully saturated rings. The minimum Gasteiger partial charge on any atom is -0.406 e. The van der Waals surface area contributed by atoms with Gasteiger partial charge < -0.3 is 14.5 Å². The highest BCUT2D eigenvalue weighted by atomic mass is 19.4. The van der Waals surface area contributed by atoms with E-state index < -0.39 is 30.1 Å². The van der Waals surface area contributed by atoms with Crippen molar-refractivity contribution in [2.75, 3.05) is 22.9 Å². The molecule has 2 aromatic carbocycles. The first-order valence-corrected chi connectivity index (χ1v) is 11.8. The number of carbonyl (C=O) groups excluding carboxylic acids is 2. The number of pyridine rings is 1. The summed E-state index contributed by atoms with van der Waals surface area (Å²) in [6.07, 6.45) is 0.301. The Hall–Kier alpha value is -3.82. The summed E-state index contributed by atoms with van der Waals surface area (Å²) in [5.41, 5.74) is 2.95. The van der Waals surface area contributed by atoms with Crippen LogP contribution >= 0.6 is 0 Å². The van der Waals surface area contributed by atoms with Crippen molar-refractivity contribution in [1.29, 1.82) is 0 Å². The van der Waals surface area contributed by atoms with Crippen molar-refractivity contribution in [3.63, 3.8) is 0 Å². The third-order valence-corrected chi connectivity index (χ3v) is 6.68. The molecule has 2 aliphatic rings. The van der Waals surface area contributed by atoms with Crippen molar-refractivity contribution in [2.45, 2.75) is 45.1 Å². The summed E-state index contributed by atoms with van der Waals surface area (Å²) in [4.78, 5) is 35.7. The number of anilines is 2. The molecule has 0 radical (unpaired) electrons. The molecule has 3 heterocycles. The lowest BCUT2D eigenvalue weighted by Gasteiger charge is -2.30. The van der Waals surface area contributed by atoms with Crippen LogP contribution in [-0.4, -0.2) is 47.3 Å². The Bertz CT molecular complexity index is 1280. The van der Waals surface area contributed by atoms with Crippen LogP contribution in [0, 0.1) is 0 Å². The quantitative estimate of drug-likeness (QED) is 0.436. The molecule has 7 nitrogen and oxygen atoms in total. The Labute approximate surface area is 206 Å². The fraction of sp³-hybridized carbons (Fsp3) is 0.346. The molecule has 2 saturated heterocycles. The average Bonchev–Trinajstić information content (AvgIpc) is 3.07. The van der Waals surface area contributed by atoms with Gasteiger partial charge in [-0.15, -0.1) is 13.2 Å². The van der Waals surface area contributed by atoms with Crippen LogP contribution in [0.4, 0.5) is 29.3 Å². The van der Waals surface area contributed by atoms with E-state index in [1.807, 2.05) is 18.2 Å². The van der Waals surface area contributed by atoms with Crippen molar-refractivity contribution in [1.82, 2.24) is 9.88 Å². The van der Waals surface area contributed by atoms with E-state index in [-0.39, 0.29) is 12.2 Å². The standard InChI is InChI=1S/C26H25F3N4O3/c1-17-24(34)33(19-8-10-20(11-9-19)36-26(27,28)29)25(35)32(17)16-18-12-13-30-21-6-5-7-22(23(18)21)31-14-3-2-4-15-31/h5-13,17H,2-4,14-16H2,1H3. The molecule has 0 bridgehead atoms. The van der Waals surface area contributed by atoms with E-state index in [0.717, 1.165) is 65.1 Å². The lowest BCUT2D eigenvalue weighted by atomic mass is 10.0. The number of amides is 3. The second-order valence-electron chi connectivity index (χ2n) is 8.99. The predicted octanol–water partition coefficient (Wildman–Crippen LogP) is 5.48. The van der Waals surface area contributed by atoms with Crippen LogP contribution in [0.3, 0.4) is 0 Å². The number of urea groups is 1. The second-order valence-corrected chi connectivity index (χ2v) is 8.99. The number of rotatable bonds is 5. The van der Waals surface area contributed by atoms with Gasteiger partial charge in [0.05, 0.1) is 11.2 Å². The minimum atomic E-state index is -4.83. The number of nitrogens with zero attached hydrogens (tertiary/aromatic N) is 4. The van der Waals surface area contributed by atoms with Gasteiger partial charge in [-0.25, -0.2) is 9.69 Å². The number of piperidine rings is 1. The van der Waals surface area contributed by atoms with E-state index in [9.17, 15) is 22.8 Å². The monoisotopic (exact) mass is 498 g/mol. The number of halogens is 3. The van der Waals surface area contributed by atoms with Gasteiger partial charge in [-0.1, -0.05) is 6.07 Å². The molecule has 1 atom stereocenters. The zero-order valence-corrected chi connectivity index (χ0v) is 19.7. The number of imide groups is 1. The van der Waals surface area contributed by atoms with Gasteiger partial charge in [-0.2, -0.15) is 0 Å². The first-order valence-electron chi connectivity index (χ1n) is 11.8. The minimum absolute atomic E-state index is 0.183. The first-order chi connectivity index (χ1) is 17.2. The van der Waals surface area contributed by atoms with Gasteiger partial charge in [0, 0.05) is 36.9 Å². The number of aromatic nitrogens is 1. The zero-order valence-electron chi connectivity index (χ0n) is 19.7. The highest BCUT2D eigenvalue weighted by Gasteiger charge is 2.43. The van der Waals surface area contributed by atoms with Gasteiger partial charge >= 0.3 is 12.4 Å². The summed E-state index contributed by atoms with van der Waals surface area (Å²) >= 11 is 0. The van der Waals surface area contributed by atoms with E-state index in [2.05, 4.69) is 20.7 Å². The summed E-state index contributed by atoms with van der Waals surface area (Å²) in [7, 11) is 0. The van der Waals surface area contributed by atoms with Gasteiger partial charge in [0.15, 0.2) is 0 Å². The van der Waals surface area contributed by atoms with Crippen molar-refractivity contribution < 1.29 is 27.5 Å². The Kier molecular flexibility index (Phi) is 6.19. The summed E-state index contributed by atoms with van der Waals surface area (Å²) in [5, 5.41) is 0.960. The zero-order chi connectivity index (χ0) is 25.4. The molecule has 0 aliphatic carbocycles. The lowest BCUT2D eigenvalue weighted by molar-refractivity contribution is -0.274. The molecule has 0 saturated carbocycles. The molecule has 0 spiro atoms. The molecule has 36 heavy (non-hydrogen) atoms. The molecule has 1 aromatic heterocycles. The maximum absolute atomic E-state index is 13.4. The number of benzene rings is 2. The summed E-state index contributed by atoms with van der Waals surface area (Å²) in [5.74, 6) is -0.872. The Morgan fingerprint density at radius 1 is 1.00 bits per heavy atom.